The van der Waals surface area contributed by atoms with Crippen molar-refractivity contribution in [1.82, 2.24) is 19.2 Å². The number of rotatable bonds is 3. The second-order valence-corrected chi connectivity index (χ2v) is 5.53. The Labute approximate surface area is 113 Å². The van der Waals surface area contributed by atoms with Crippen molar-refractivity contribution in [3.8, 4) is 5.82 Å². The molecule has 0 amide bonds. The number of imidazole rings is 1. The van der Waals surface area contributed by atoms with Gasteiger partial charge < -0.3 is 5.73 Å². The molecule has 94 valence electrons. The maximum Gasteiger partial charge on any atom is 0.195 e. The van der Waals surface area contributed by atoms with Gasteiger partial charge in [0.1, 0.15) is 0 Å². The molecule has 3 heterocycles. The molecular formula is C11H12ClN5S. The van der Waals surface area contributed by atoms with Crippen LogP contribution >= 0.6 is 22.9 Å². The van der Waals surface area contributed by atoms with Crippen LogP contribution in [-0.4, -0.2) is 25.2 Å². The van der Waals surface area contributed by atoms with Crippen molar-refractivity contribution >= 4 is 27.9 Å². The van der Waals surface area contributed by atoms with Gasteiger partial charge in [-0.05, 0) is 6.92 Å². The van der Waals surface area contributed by atoms with Gasteiger partial charge in [0.05, 0.1) is 23.1 Å². The van der Waals surface area contributed by atoms with Crippen LogP contribution in [0.1, 0.15) is 12.6 Å². The van der Waals surface area contributed by atoms with Crippen molar-refractivity contribution in [2.24, 2.45) is 5.73 Å². The van der Waals surface area contributed by atoms with E-state index in [9.17, 15) is 0 Å². The highest BCUT2D eigenvalue weighted by atomic mass is 35.5. The molecule has 0 radical (unpaired) electrons. The van der Waals surface area contributed by atoms with Crippen LogP contribution in [0.4, 0.5) is 0 Å². The van der Waals surface area contributed by atoms with Crippen LogP contribution in [0, 0.1) is 0 Å². The summed E-state index contributed by atoms with van der Waals surface area (Å²) in [5.74, 6) is 0.797. The molecule has 1 unspecified atom stereocenters. The highest BCUT2D eigenvalue weighted by Gasteiger charge is 2.16. The minimum atomic E-state index is 0.0644. The van der Waals surface area contributed by atoms with Gasteiger partial charge in [0.25, 0.3) is 0 Å². The second-order valence-electron chi connectivity index (χ2n) is 4.22. The van der Waals surface area contributed by atoms with Gasteiger partial charge in [-0.3, -0.25) is 4.40 Å². The zero-order valence-corrected chi connectivity index (χ0v) is 11.3. The number of hydrogen-bond acceptors (Lipinski definition) is 4. The molecule has 1 atom stereocenters. The van der Waals surface area contributed by atoms with E-state index in [-0.39, 0.29) is 6.04 Å². The Kier molecular flexibility index (Phi) is 2.85. The minimum Gasteiger partial charge on any atom is -0.328 e. The summed E-state index contributed by atoms with van der Waals surface area (Å²) in [4.78, 5) is 5.51. The van der Waals surface area contributed by atoms with E-state index in [1.54, 1.807) is 28.4 Å². The monoisotopic (exact) mass is 281 g/mol. The molecule has 0 spiro atoms. The first-order chi connectivity index (χ1) is 8.65. The van der Waals surface area contributed by atoms with Crippen LogP contribution in [0.5, 0.6) is 0 Å². The highest BCUT2D eigenvalue weighted by molar-refractivity contribution is 7.15. The minimum absolute atomic E-state index is 0.0644. The first kappa shape index (κ1) is 11.7. The molecule has 3 rings (SSSR count). The number of nitrogens with two attached hydrogens (primary N) is 1. The van der Waals surface area contributed by atoms with Crippen LogP contribution in [-0.2, 0) is 6.42 Å². The van der Waals surface area contributed by atoms with Gasteiger partial charge in [-0.15, -0.1) is 11.3 Å². The van der Waals surface area contributed by atoms with E-state index in [1.807, 2.05) is 18.5 Å². The van der Waals surface area contributed by atoms with Gasteiger partial charge in [0.2, 0.25) is 0 Å². The lowest BCUT2D eigenvalue weighted by Gasteiger charge is -2.06. The molecule has 0 fully saturated rings. The average molecular weight is 282 g/mol. The van der Waals surface area contributed by atoms with E-state index in [0.29, 0.717) is 5.02 Å². The number of hydrogen-bond donors (Lipinski definition) is 1. The molecular weight excluding hydrogens is 270 g/mol. The molecule has 0 aliphatic heterocycles. The van der Waals surface area contributed by atoms with Gasteiger partial charge >= 0.3 is 0 Å². The van der Waals surface area contributed by atoms with Gasteiger partial charge in [-0.1, -0.05) is 11.6 Å². The summed E-state index contributed by atoms with van der Waals surface area (Å²) < 4.78 is 3.75. The maximum atomic E-state index is 5.90. The zero-order valence-electron chi connectivity index (χ0n) is 9.75. The first-order valence-electron chi connectivity index (χ1n) is 5.55. The Morgan fingerprint density at radius 1 is 1.56 bits per heavy atom. The number of aromatic nitrogens is 4. The summed E-state index contributed by atoms with van der Waals surface area (Å²) in [6, 6.07) is 0.0644. The third-order valence-electron chi connectivity index (χ3n) is 2.62. The lowest BCUT2D eigenvalue weighted by molar-refractivity contribution is 0.705. The van der Waals surface area contributed by atoms with Crippen molar-refractivity contribution in [3.05, 3.63) is 34.7 Å². The summed E-state index contributed by atoms with van der Waals surface area (Å²) >= 11 is 7.49. The number of fused-ring (bicyclic) bond motifs is 1. The first-order valence-corrected chi connectivity index (χ1v) is 6.81. The van der Waals surface area contributed by atoms with E-state index >= 15 is 0 Å². The molecule has 0 aromatic carbocycles. The summed E-state index contributed by atoms with van der Waals surface area (Å²) in [6.07, 6.45) is 6.09. The molecule has 0 saturated heterocycles. The van der Waals surface area contributed by atoms with Gasteiger partial charge in [-0.25, -0.2) is 4.68 Å². The zero-order chi connectivity index (χ0) is 12.7. The molecule has 5 nitrogen and oxygen atoms in total. The van der Waals surface area contributed by atoms with Gasteiger partial charge in [-0.2, -0.15) is 10.1 Å². The van der Waals surface area contributed by atoms with E-state index in [4.69, 9.17) is 17.3 Å². The summed E-state index contributed by atoms with van der Waals surface area (Å²) in [5.41, 5.74) is 6.96. The van der Waals surface area contributed by atoms with Crippen molar-refractivity contribution < 1.29 is 0 Å². The van der Waals surface area contributed by atoms with Gasteiger partial charge in [0, 0.05) is 24.0 Å². The normalized spacial score (nSPS) is 13.3. The fourth-order valence-electron chi connectivity index (χ4n) is 1.92. The number of halogens is 1. The summed E-state index contributed by atoms with van der Waals surface area (Å²) in [5, 5.41) is 6.80. The largest absolute Gasteiger partial charge is 0.328 e. The predicted molar refractivity (Wildman–Crippen MR) is 72.6 cm³/mol. The number of nitrogens with zero attached hydrogens (tertiary/aromatic N) is 4. The summed E-state index contributed by atoms with van der Waals surface area (Å²) in [7, 11) is 0. The Hall–Kier alpha value is -1.37. The summed E-state index contributed by atoms with van der Waals surface area (Å²) in [6.45, 7) is 1.98. The smallest absolute Gasteiger partial charge is 0.195 e. The Bertz CT molecular complexity index is 681. The third-order valence-corrected chi connectivity index (χ3v) is 3.58. The highest BCUT2D eigenvalue weighted by Crippen LogP contribution is 2.22. The van der Waals surface area contributed by atoms with Gasteiger partial charge in [0.15, 0.2) is 10.8 Å². The van der Waals surface area contributed by atoms with Crippen molar-refractivity contribution in [1.29, 1.82) is 0 Å². The second kappa shape index (κ2) is 4.38. The van der Waals surface area contributed by atoms with E-state index in [0.717, 1.165) is 22.9 Å². The molecule has 7 heteroatoms. The predicted octanol–water partition coefficient (Wildman–Crippen LogP) is 2.12. The Morgan fingerprint density at radius 2 is 2.39 bits per heavy atom. The van der Waals surface area contributed by atoms with Crippen LogP contribution < -0.4 is 5.73 Å². The maximum absolute atomic E-state index is 5.90. The van der Waals surface area contributed by atoms with E-state index < -0.39 is 0 Å². The molecule has 3 aromatic heterocycles. The van der Waals surface area contributed by atoms with Crippen LogP contribution in [0.25, 0.3) is 10.8 Å². The topological polar surface area (TPSA) is 61.1 Å². The quantitative estimate of drug-likeness (QED) is 0.800. The SMILES string of the molecule is CC(N)Cc1c(-n2cc(Cl)cn2)nc2sccn12. The van der Waals surface area contributed by atoms with E-state index in [2.05, 4.69) is 14.5 Å². The third kappa shape index (κ3) is 1.92. The molecule has 18 heavy (non-hydrogen) atoms. The molecule has 0 saturated carbocycles. The fraction of sp³-hybridized carbons (Fsp3) is 0.273. The number of thiazole rings is 1. The van der Waals surface area contributed by atoms with Crippen molar-refractivity contribution in [3.63, 3.8) is 0 Å². The Morgan fingerprint density at radius 3 is 3.06 bits per heavy atom. The van der Waals surface area contributed by atoms with Crippen LogP contribution in [0.3, 0.4) is 0 Å². The molecule has 0 aliphatic carbocycles. The van der Waals surface area contributed by atoms with E-state index in [1.165, 1.54) is 0 Å². The van der Waals surface area contributed by atoms with Crippen LogP contribution in [0.2, 0.25) is 5.02 Å². The average Bonchev–Trinajstić information content (AvgIpc) is 2.95. The van der Waals surface area contributed by atoms with Crippen molar-refractivity contribution in [2.45, 2.75) is 19.4 Å². The molecule has 0 bridgehead atoms. The molecule has 0 aliphatic rings. The van der Waals surface area contributed by atoms with Crippen molar-refractivity contribution in [2.75, 3.05) is 0 Å². The molecule has 2 N–H and O–H groups in total. The van der Waals surface area contributed by atoms with Crippen LogP contribution in [0.15, 0.2) is 24.0 Å². The fourth-order valence-corrected chi connectivity index (χ4v) is 2.78. The Balaban J connectivity index is 2.18. The lowest BCUT2D eigenvalue weighted by Crippen LogP contribution is -2.20. The lowest BCUT2D eigenvalue weighted by atomic mass is 10.2. The standard InChI is InChI=1S/C11H12ClN5S/c1-7(13)4-9-10(17-6-8(12)5-14-17)15-11-16(9)2-3-18-11/h2-3,5-7H,4,13H2,1H3. The molecule has 3 aromatic rings.